The summed E-state index contributed by atoms with van der Waals surface area (Å²) in [6.45, 7) is 4.24. The van der Waals surface area contributed by atoms with Gasteiger partial charge in [-0.25, -0.2) is 0 Å². The van der Waals surface area contributed by atoms with Gasteiger partial charge in [0.25, 0.3) is 0 Å². The summed E-state index contributed by atoms with van der Waals surface area (Å²) in [4.78, 5) is 14.9. The highest BCUT2D eigenvalue weighted by Gasteiger charge is 2.34. The summed E-state index contributed by atoms with van der Waals surface area (Å²) in [6, 6.07) is 4.21. The molecule has 1 aromatic rings. The highest BCUT2D eigenvalue weighted by molar-refractivity contribution is 5.79. The summed E-state index contributed by atoms with van der Waals surface area (Å²) in [6.07, 6.45) is 6.23. The highest BCUT2D eigenvalue weighted by Crippen LogP contribution is 2.33. The Kier molecular flexibility index (Phi) is 4.63. The lowest BCUT2D eigenvalue weighted by atomic mass is 10.0. The second-order valence-electron chi connectivity index (χ2n) is 6.11. The maximum atomic E-state index is 12.8. The zero-order valence-electron chi connectivity index (χ0n) is 12.8. The van der Waals surface area contributed by atoms with Crippen molar-refractivity contribution in [2.45, 2.75) is 51.5 Å². The minimum Gasteiger partial charge on any atom is -0.464 e. The lowest BCUT2D eigenvalue weighted by Crippen LogP contribution is -2.39. The molecule has 0 saturated carbocycles. The molecule has 2 atom stereocenters. The average molecular weight is 291 g/mol. The van der Waals surface area contributed by atoms with Crippen LogP contribution in [0.15, 0.2) is 16.5 Å². The van der Waals surface area contributed by atoms with Crippen molar-refractivity contribution < 1.29 is 13.9 Å². The Balaban J connectivity index is 1.81. The topological polar surface area (TPSA) is 42.7 Å². The standard InChI is InChI=1S/C17H25NO3/c1-2-14-7-8-16(21-14)15-6-4-3-5-10-18(15)17(19)13-9-11-20-12-13/h7-8,13,15H,2-6,9-12H2,1H3. The number of hydrogen-bond donors (Lipinski definition) is 0. The minimum atomic E-state index is 0.0474. The molecular weight excluding hydrogens is 266 g/mol. The number of rotatable bonds is 3. The van der Waals surface area contributed by atoms with E-state index in [-0.39, 0.29) is 17.9 Å². The highest BCUT2D eigenvalue weighted by atomic mass is 16.5. The molecule has 0 aromatic carbocycles. The van der Waals surface area contributed by atoms with E-state index in [0.29, 0.717) is 6.61 Å². The van der Waals surface area contributed by atoms with Gasteiger partial charge in [0.05, 0.1) is 18.6 Å². The van der Waals surface area contributed by atoms with Crippen LogP contribution in [0, 0.1) is 5.92 Å². The second-order valence-corrected chi connectivity index (χ2v) is 6.11. The summed E-state index contributed by atoms with van der Waals surface area (Å²) in [7, 11) is 0. The van der Waals surface area contributed by atoms with E-state index >= 15 is 0 Å². The smallest absolute Gasteiger partial charge is 0.228 e. The quantitative estimate of drug-likeness (QED) is 0.858. The molecule has 0 aliphatic carbocycles. The lowest BCUT2D eigenvalue weighted by molar-refractivity contribution is -0.138. The molecule has 2 aliphatic rings. The first-order valence-corrected chi connectivity index (χ1v) is 8.26. The number of ether oxygens (including phenoxy) is 1. The van der Waals surface area contributed by atoms with Gasteiger partial charge in [-0.2, -0.15) is 0 Å². The molecule has 3 rings (SSSR count). The van der Waals surface area contributed by atoms with Crippen LogP contribution in [-0.4, -0.2) is 30.6 Å². The summed E-state index contributed by atoms with van der Waals surface area (Å²) < 4.78 is 11.3. The van der Waals surface area contributed by atoms with Crippen molar-refractivity contribution >= 4 is 5.91 Å². The Morgan fingerprint density at radius 2 is 2.19 bits per heavy atom. The Hall–Kier alpha value is -1.29. The van der Waals surface area contributed by atoms with Crippen LogP contribution in [0.3, 0.4) is 0 Å². The number of amides is 1. The van der Waals surface area contributed by atoms with Crippen molar-refractivity contribution in [2.75, 3.05) is 19.8 Å². The van der Waals surface area contributed by atoms with Gasteiger partial charge in [0, 0.05) is 19.6 Å². The third kappa shape index (κ3) is 3.15. The van der Waals surface area contributed by atoms with Crippen molar-refractivity contribution in [1.29, 1.82) is 0 Å². The minimum absolute atomic E-state index is 0.0474. The molecule has 0 spiro atoms. The number of carbonyl (C=O) groups excluding carboxylic acids is 1. The van der Waals surface area contributed by atoms with Gasteiger partial charge in [-0.1, -0.05) is 19.8 Å². The maximum absolute atomic E-state index is 12.8. The van der Waals surface area contributed by atoms with E-state index in [0.717, 1.165) is 56.8 Å². The van der Waals surface area contributed by atoms with Crippen LogP contribution < -0.4 is 0 Å². The van der Waals surface area contributed by atoms with Gasteiger partial charge in [0.2, 0.25) is 5.91 Å². The van der Waals surface area contributed by atoms with E-state index in [2.05, 4.69) is 17.9 Å². The maximum Gasteiger partial charge on any atom is 0.228 e. The Labute approximate surface area is 126 Å². The number of hydrogen-bond acceptors (Lipinski definition) is 3. The predicted molar refractivity (Wildman–Crippen MR) is 79.9 cm³/mol. The number of furan rings is 1. The first-order valence-electron chi connectivity index (χ1n) is 8.26. The van der Waals surface area contributed by atoms with E-state index in [4.69, 9.17) is 9.15 Å². The van der Waals surface area contributed by atoms with Crippen molar-refractivity contribution in [3.05, 3.63) is 23.7 Å². The van der Waals surface area contributed by atoms with Crippen LogP contribution in [0.1, 0.15) is 56.6 Å². The van der Waals surface area contributed by atoms with Crippen molar-refractivity contribution in [1.82, 2.24) is 4.90 Å². The molecule has 0 bridgehead atoms. The molecule has 116 valence electrons. The van der Waals surface area contributed by atoms with Gasteiger partial charge in [0.15, 0.2) is 0 Å². The number of nitrogens with zero attached hydrogens (tertiary/aromatic N) is 1. The molecule has 21 heavy (non-hydrogen) atoms. The van der Waals surface area contributed by atoms with E-state index in [1.54, 1.807) is 0 Å². The Morgan fingerprint density at radius 1 is 1.29 bits per heavy atom. The molecule has 1 amide bonds. The molecular formula is C17H25NO3. The van der Waals surface area contributed by atoms with Gasteiger partial charge in [-0.3, -0.25) is 4.79 Å². The largest absolute Gasteiger partial charge is 0.464 e. The fourth-order valence-electron chi connectivity index (χ4n) is 3.40. The number of aryl methyl sites for hydroxylation is 1. The van der Waals surface area contributed by atoms with Gasteiger partial charge >= 0.3 is 0 Å². The monoisotopic (exact) mass is 291 g/mol. The molecule has 2 saturated heterocycles. The molecule has 2 aliphatic heterocycles. The Morgan fingerprint density at radius 3 is 2.90 bits per heavy atom. The van der Waals surface area contributed by atoms with E-state index in [1.165, 1.54) is 6.42 Å². The first-order chi connectivity index (χ1) is 10.3. The zero-order valence-corrected chi connectivity index (χ0v) is 12.8. The molecule has 2 unspecified atom stereocenters. The Bertz CT molecular complexity index is 476. The molecule has 1 aromatic heterocycles. The fraction of sp³-hybridized carbons (Fsp3) is 0.706. The van der Waals surface area contributed by atoms with Crippen LogP contribution in [-0.2, 0) is 16.0 Å². The number of carbonyl (C=O) groups is 1. The van der Waals surface area contributed by atoms with Crippen molar-refractivity contribution in [3.8, 4) is 0 Å². The van der Waals surface area contributed by atoms with E-state index in [9.17, 15) is 4.79 Å². The summed E-state index contributed by atoms with van der Waals surface area (Å²) >= 11 is 0. The second kappa shape index (κ2) is 6.65. The SMILES string of the molecule is CCc1ccc(C2CCCCCN2C(=O)C2CCOC2)o1. The van der Waals surface area contributed by atoms with Crippen molar-refractivity contribution in [3.63, 3.8) is 0 Å². The first kappa shape index (κ1) is 14.6. The van der Waals surface area contributed by atoms with E-state index in [1.807, 2.05) is 6.07 Å². The molecule has 4 nitrogen and oxygen atoms in total. The van der Waals surface area contributed by atoms with E-state index < -0.39 is 0 Å². The molecule has 4 heteroatoms. The van der Waals surface area contributed by atoms with Crippen LogP contribution in [0.4, 0.5) is 0 Å². The predicted octanol–water partition coefficient (Wildman–Crippen LogP) is 3.32. The van der Waals surface area contributed by atoms with Gasteiger partial charge in [0.1, 0.15) is 11.5 Å². The third-order valence-corrected chi connectivity index (χ3v) is 4.67. The van der Waals surface area contributed by atoms with Crippen LogP contribution >= 0.6 is 0 Å². The van der Waals surface area contributed by atoms with Crippen molar-refractivity contribution in [2.24, 2.45) is 5.92 Å². The number of likely N-dealkylation sites (tertiary alicyclic amines) is 1. The third-order valence-electron chi connectivity index (χ3n) is 4.67. The van der Waals surface area contributed by atoms with Gasteiger partial charge < -0.3 is 14.1 Å². The normalized spacial score (nSPS) is 26.8. The average Bonchev–Trinajstić information content (AvgIpc) is 3.14. The molecule has 2 fully saturated rings. The van der Waals surface area contributed by atoms with Crippen LogP contribution in [0.2, 0.25) is 0 Å². The summed E-state index contributed by atoms with van der Waals surface area (Å²) in [5, 5.41) is 0. The van der Waals surface area contributed by atoms with Crippen LogP contribution in [0.25, 0.3) is 0 Å². The lowest BCUT2D eigenvalue weighted by Gasteiger charge is -2.30. The van der Waals surface area contributed by atoms with Gasteiger partial charge in [-0.15, -0.1) is 0 Å². The van der Waals surface area contributed by atoms with Gasteiger partial charge in [-0.05, 0) is 31.4 Å². The van der Waals surface area contributed by atoms with Crippen LogP contribution in [0.5, 0.6) is 0 Å². The summed E-state index contributed by atoms with van der Waals surface area (Å²) in [5.41, 5.74) is 0. The molecule has 0 radical (unpaired) electrons. The zero-order chi connectivity index (χ0) is 14.7. The summed E-state index contributed by atoms with van der Waals surface area (Å²) in [5.74, 6) is 2.27. The molecule has 0 N–H and O–H groups in total. The molecule has 3 heterocycles. The fourth-order valence-corrected chi connectivity index (χ4v) is 3.40.